The Balaban J connectivity index is 1.82. The molecule has 0 aromatic rings. The van der Waals surface area contributed by atoms with Gasteiger partial charge in [0.2, 0.25) is 0 Å². The van der Waals surface area contributed by atoms with Gasteiger partial charge in [-0.2, -0.15) is 11.8 Å². The van der Waals surface area contributed by atoms with Gasteiger partial charge in [0.1, 0.15) is 0 Å². The zero-order chi connectivity index (χ0) is 10.1. The second-order valence-electron chi connectivity index (χ2n) is 3.76. The summed E-state index contributed by atoms with van der Waals surface area (Å²) in [5, 5.41) is 0.770. The third kappa shape index (κ3) is 5.89. The number of hydrogen-bond donors (Lipinski definition) is 0. The molecule has 1 rings (SSSR count). The molecule has 1 saturated heterocycles. The molecule has 0 aromatic heterocycles. The van der Waals surface area contributed by atoms with Crippen molar-refractivity contribution in [1.29, 1.82) is 0 Å². The first-order chi connectivity index (χ1) is 6.93. The third-order valence-corrected chi connectivity index (χ3v) is 3.83. The van der Waals surface area contributed by atoms with Crippen LogP contribution in [0.3, 0.4) is 0 Å². The minimum atomic E-state index is 0.770. The highest BCUT2D eigenvalue weighted by atomic mass is 32.2. The molecular weight excluding hydrogens is 196 g/mol. The third-order valence-electron chi connectivity index (χ3n) is 2.46. The lowest BCUT2D eigenvalue weighted by atomic mass is 10.2. The summed E-state index contributed by atoms with van der Waals surface area (Å²) in [6, 6.07) is 0. The summed E-state index contributed by atoms with van der Waals surface area (Å²) in [4.78, 5) is 0. The maximum atomic E-state index is 5.44. The molecule has 1 heterocycles. The summed E-state index contributed by atoms with van der Waals surface area (Å²) >= 11 is 2.09. The van der Waals surface area contributed by atoms with Crippen molar-refractivity contribution in [1.82, 2.24) is 0 Å². The summed E-state index contributed by atoms with van der Waals surface area (Å²) in [7, 11) is 1.77. The average Bonchev–Trinajstić information content (AvgIpc) is 2.25. The number of ether oxygens (including phenoxy) is 2. The van der Waals surface area contributed by atoms with Crippen LogP contribution in [0.5, 0.6) is 0 Å². The van der Waals surface area contributed by atoms with Crippen molar-refractivity contribution in [3.63, 3.8) is 0 Å². The van der Waals surface area contributed by atoms with Crippen LogP contribution in [0.2, 0.25) is 0 Å². The van der Waals surface area contributed by atoms with Crippen LogP contribution in [0.15, 0.2) is 0 Å². The lowest BCUT2D eigenvalue weighted by Crippen LogP contribution is -2.19. The van der Waals surface area contributed by atoms with Crippen LogP contribution in [0.4, 0.5) is 0 Å². The zero-order valence-electron chi connectivity index (χ0n) is 9.17. The van der Waals surface area contributed by atoms with Gasteiger partial charge < -0.3 is 9.47 Å². The van der Waals surface area contributed by atoms with E-state index in [0.29, 0.717) is 0 Å². The average molecular weight is 218 g/mol. The molecular formula is C11H22O2S. The van der Waals surface area contributed by atoms with Crippen molar-refractivity contribution in [2.24, 2.45) is 0 Å². The van der Waals surface area contributed by atoms with Gasteiger partial charge in [-0.15, -0.1) is 0 Å². The molecule has 3 heteroatoms. The number of methoxy groups -OCH3 is 1. The first kappa shape index (κ1) is 12.3. The van der Waals surface area contributed by atoms with Crippen LogP contribution in [-0.4, -0.2) is 37.9 Å². The van der Waals surface area contributed by atoms with Crippen LogP contribution in [-0.2, 0) is 9.47 Å². The summed E-state index contributed by atoms with van der Waals surface area (Å²) in [6.07, 6.45) is 6.43. The van der Waals surface area contributed by atoms with E-state index in [-0.39, 0.29) is 0 Å². The summed E-state index contributed by atoms with van der Waals surface area (Å²) in [6.45, 7) is 2.87. The Hall–Kier alpha value is 0.270. The Morgan fingerprint density at radius 3 is 3.00 bits per heavy atom. The van der Waals surface area contributed by atoms with E-state index in [4.69, 9.17) is 9.47 Å². The highest BCUT2D eigenvalue weighted by molar-refractivity contribution is 7.99. The predicted octanol–water partition coefficient (Wildman–Crippen LogP) is 2.72. The van der Waals surface area contributed by atoms with Gasteiger partial charge >= 0.3 is 0 Å². The van der Waals surface area contributed by atoms with Gasteiger partial charge in [-0.25, -0.2) is 0 Å². The molecule has 0 aliphatic carbocycles. The van der Waals surface area contributed by atoms with Gasteiger partial charge in [-0.3, -0.25) is 0 Å². The molecule has 84 valence electrons. The van der Waals surface area contributed by atoms with Crippen LogP contribution < -0.4 is 0 Å². The predicted molar refractivity (Wildman–Crippen MR) is 62.0 cm³/mol. The van der Waals surface area contributed by atoms with Crippen molar-refractivity contribution in [3.05, 3.63) is 0 Å². The van der Waals surface area contributed by atoms with Crippen molar-refractivity contribution < 1.29 is 9.47 Å². The Kier molecular flexibility index (Phi) is 7.55. The van der Waals surface area contributed by atoms with E-state index < -0.39 is 0 Å². The van der Waals surface area contributed by atoms with E-state index in [1.54, 1.807) is 7.11 Å². The van der Waals surface area contributed by atoms with E-state index in [9.17, 15) is 0 Å². The quantitative estimate of drug-likeness (QED) is 0.612. The number of hydrogen-bond acceptors (Lipinski definition) is 3. The molecule has 0 saturated carbocycles. The summed E-state index contributed by atoms with van der Waals surface area (Å²) in [5.41, 5.74) is 0. The maximum Gasteiger partial charge on any atom is 0.0585 e. The monoisotopic (exact) mass is 218 g/mol. The largest absolute Gasteiger partial charge is 0.385 e. The second-order valence-corrected chi connectivity index (χ2v) is 5.17. The zero-order valence-corrected chi connectivity index (χ0v) is 9.98. The van der Waals surface area contributed by atoms with Crippen LogP contribution >= 0.6 is 11.8 Å². The SMILES string of the molecule is COCCCCCS[C@@H]1CCCOC1. The molecule has 14 heavy (non-hydrogen) atoms. The molecule has 0 spiro atoms. The molecule has 0 unspecified atom stereocenters. The smallest absolute Gasteiger partial charge is 0.0585 e. The van der Waals surface area contributed by atoms with Gasteiger partial charge in [0.05, 0.1) is 6.61 Å². The maximum absolute atomic E-state index is 5.44. The summed E-state index contributed by atoms with van der Waals surface area (Å²) < 4.78 is 10.4. The Morgan fingerprint density at radius 2 is 2.29 bits per heavy atom. The van der Waals surface area contributed by atoms with Crippen LogP contribution in [0.1, 0.15) is 32.1 Å². The summed E-state index contributed by atoms with van der Waals surface area (Å²) in [5.74, 6) is 1.29. The van der Waals surface area contributed by atoms with E-state index >= 15 is 0 Å². The van der Waals surface area contributed by atoms with E-state index in [2.05, 4.69) is 11.8 Å². The fraction of sp³-hybridized carbons (Fsp3) is 1.00. The Morgan fingerprint density at radius 1 is 1.36 bits per heavy atom. The molecule has 0 N–H and O–H groups in total. The number of thioether (sulfide) groups is 1. The van der Waals surface area contributed by atoms with Crippen molar-refractivity contribution in [2.45, 2.75) is 37.4 Å². The fourth-order valence-corrected chi connectivity index (χ4v) is 2.85. The van der Waals surface area contributed by atoms with Crippen LogP contribution in [0.25, 0.3) is 0 Å². The van der Waals surface area contributed by atoms with Crippen molar-refractivity contribution in [2.75, 3.05) is 32.7 Å². The highest BCUT2D eigenvalue weighted by Crippen LogP contribution is 2.21. The number of unbranched alkanes of at least 4 members (excludes halogenated alkanes) is 2. The molecule has 1 fully saturated rings. The topological polar surface area (TPSA) is 18.5 Å². The first-order valence-electron chi connectivity index (χ1n) is 5.62. The first-order valence-corrected chi connectivity index (χ1v) is 6.66. The lowest BCUT2D eigenvalue weighted by molar-refractivity contribution is 0.101. The van der Waals surface area contributed by atoms with Crippen molar-refractivity contribution >= 4 is 11.8 Å². The second kappa shape index (κ2) is 8.57. The normalized spacial score (nSPS) is 22.5. The molecule has 0 radical (unpaired) electrons. The van der Waals surface area contributed by atoms with E-state index in [1.165, 1.54) is 37.9 Å². The molecule has 0 aromatic carbocycles. The minimum Gasteiger partial charge on any atom is -0.385 e. The molecule has 0 amide bonds. The van der Waals surface area contributed by atoms with Gasteiger partial charge in [0.25, 0.3) is 0 Å². The standard InChI is InChI=1S/C11H22O2S/c1-12-7-3-2-4-9-14-11-6-5-8-13-10-11/h11H,2-10H2,1H3/t11-/m1/s1. The Bertz CT molecular complexity index is 124. The molecule has 2 nitrogen and oxygen atoms in total. The minimum absolute atomic E-state index is 0.770. The van der Waals surface area contributed by atoms with E-state index in [1.807, 2.05) is 0 Å². The van der Waals surface area contributed by atoms with Crippen LogP contribution in [0, 0.1) is 0 Å². The molecule has 1 aliphatic rings. The molecule has 1 atom stereocenters. The molecule has 1 aliphatic heterocycles. The molecule has 0 bridgehead atoms. The Labute approximate surface area is 91.7 Å². The van der Waals surface area contributed by atoms with Gasteiger partial charge in [-0.05, 0) is 31.4 Å². The lowest BCUT2D eigenvalue weighted by Gasteiger charge is -2.21. The van der Waals surface area contributed by atoms with Crippen molar-refractivity contribution in [3.8, 4) is 0 Å². The van der Waals surface area contributed by atoms with E-state index in [0.717, 1.165) is 25.1 Å². The fourth-order valence-electron chi connectivity index (χ4n) is 1.62. The number of rotatable bonds is 7. The highest BCUT2D eigenvalue weighted by Gasteiger charge is 2.13. The van der Waals surface area contributed by atoms with Gasteiger partial charge in [-0.1, -0.05) is 6.42 Å². The van der Waals surface area contributed by atoms with Gasteiger partial charge in [0, 0.05) is 25.6 Å². The van der Waals surface area contributed by atoms with Gasteiger partial charge in [0.15, 0.2) is 0 Å².